The van der Waals surface area contributed by atoms with Gasteiger partial charge in [0.15, 0.2) is 0 Å². The molecule has 1 unspecified atom stereocenters. The Balaban J connectivity index is 1.75. The first-order valence-electron chi connectivity index (χ1n) is 8.12. The van der Waals surface area contributed by atoms with Crippen molar-refractivity contribution in [3.05, 3.63) is 59.7 Å². The normalized spacial score (nSPS) is 15.4. The van der Waals surface area contributed by atoms with Crippen molar-refractivity contribution in [1.82, 2.24) is 5.32 Å². The molecular weight excluding hydrogens is 302 g/mol. The van der Waals surface area contributed by atoms with Crippen LogP contribution in [0.3, 0.4) is 0 Å². The van der Waals surface area contributed by atoms with Crippen LogP contribution in [0.5, 0.6) is 0 Å². The van der Waals surface area contributed by atoms with Crippen LogP contribution in [-0.4, -0.2) is 18.4 Å². The van der Waals surface area contributed by atoms with Gasteiger partial charge in [-0.1, -0.05) is 24.3 Å². The van der Waals surface area contributed by atoms with Crippen molar-refractivity contribution < 1.29 is 9.59 Å². The van der Waals surface area contributed by atoms with Gasteiger partial charge in [0.2, 0.25) is 5.91 Å². The van der Waals surface area contributed by atoms with E-state index in [4.69, 9.17) is 5.73 Å². The van der Waals surface area contributed by atoms with Crippen LogP contribution in [0.4, 0.5) is 11.4 Å². The molecule has 2 aromatic rings. The van der Waals surface area contributed by atoms with Crippen LogP contribution >= 0.6 is 0 Å². The molecule has 0 bridgehead atoms. The second kappa shape index (κ2) is 6.74. The minimum Gasteiger partial charge on any atom is -0.398 e. The highest BCUT2D eigenvalue weighted by atomic mass is 16.2. The zero-order valence-corrected chi connectivity index (χ0v) is 13.7. The lowest BCUT2D eigenvalue weighted by Crippen LogP contribution is -2.28. The number of nitrogen functional groups attached to an aromatic ring is 1. The van der Waals surface area contributed by atoms with E-state index < -0.39 is 0 Å². The Labute approximate surface area is 141 Å². The first-order chi connectivity index (χ1) is 11.6. The summed E-state index contributed by atoms with van der Waals surface area (Å²) in [5.41, 5.74) is 8.62. The van der Waals surface area contributed by atoms with Gasteiger partial charge >= 0.3 is 0 Å². The Morgan fingerprint density at radius 2 is 2.00 bits per heavy atom. The average Bonchev–Trinajstić information content (AvgIpc) is 3.01. The standard InChI is InChI=1S/C19H21N3O2/c1-13(21-19(24)16-8-2-3-9-17(16)20)14-6-4-7-15(12-14)22-11-5-10-18(22)23/h2-4,6-9,12-13H,5,10-11,20H2,1H3,(H,21,24). The van der Waals surface area contributed by atoms with Crippen LogP contribution in [0.25, 0.3) is 0 Å². The van der Waals surface area contributed by atoms with E-state index in [0.717, 1.165) is 24.2 Å². The van der Waals surface area contributed by atoms with Crippen molar-refractivity contribution in [3.8, 4) is 0 Å². The molecule has 0 radical (unpaired) electrons. The van der Waals surface area contributed by atoms with Gasteiger partial charge in [0.25, 0.3) is 5.91 Å². The van der Waals surface area contributed by atoms with Crippen molar-refractivity contribution in [3.63, 3.8) is 0 Å². The van der Waals surface area contributed by atoms with Crippen LogP contribution in [0, 0.1) is 0 Å². The number of carbonyl (C=O) groups excluding carboxylic acids is 2. The fourth-order valence-electron chi connectivity index (χ4n) is 2.94. The van der Waals surface area contributed by atoms with Crippen LogP contribution in [0.2, 0.25) is 0 Å². The Kier molecular flexibility index (Phi) is 4.51. The topological polar surface area (TPSA) is 75.4 Å². The van der Waals surface area contributed by atoms with Crippen molar-refractivity contribution >= 4 is 23.2 Å². The zero-order valence-electron chi connectivity index (χ0n) is 13.7. The molecule has 0 aliphatic carbocycles. The number of nitrogens with zero attached hydrogens (tertiary/aromatic N) is 1. The number of benzene rings is 2. The molecule has 1 atom stereocenters. The third-order valence-corrected chi connectivity index (χ3v) is 4.31. The summed E-state index contributed by atoms with van der Waals surface area (Å²) in [6.45, 7) is 2.67. The Morgan fingerprint density at radius 3 is 2.71 bits per heavy atom. The summed E-state index contributed by atoms with van der Waals surface area (Å²) in [7, 11) is 0. The maximum Gasteiger partial charge on any atom is 0.253 e. The van der Waals surface area contributed by atoms with Gasteiger partial charge < -0.3 is 16.0 Å². The molecule has 2 amide bonds. The molecule has 1 aliphatic rings. The molecule has 3 rings (SSSR count). The smallest absolute Gasteiger partial charge is 0.253 e. The van der Waals surface area contributed by atoms with Gasteiger partial charge in [-0.15, -0.1) is 0 Å². The highest BCUT2D eigenvalue weighted by Gasteiger charge is 2.22. The number of hydrogen-bond donors (Lipinski definition) is 2. The highest BCUT2D eigenvalue weighted by Crippen LogP contribution is 2.25. The van der Waals surface area contributed by atoms with E-state index in [1.165, 1.54) is 0 Å². The largest absolute Gasteiger partial charge is 0.398 e. The van der Waals surface area contributed by atoms with E-state index in [1.54, 1.807) is 29.2 Å². The van der Waals surface area contributed by atoms with Crippen molar-refractivity contribution in [2.24, 2.45) is 0 Å². The molecule has 0 aromatic heterocycles. The van der Waals surface area contributed by atoms with Crippen LogP contribution < -0.4 is 16.0 Å². The maximum absolute atomic E-state index is 12.4. The number of nitrogens with two attached hydrogens (primary N) is 1. The predicted molar refractivity (Wildman–Crippen MR) is 94.8 cm³/mol. The second-order valence-electron chi connectivity index (χ2n) is 6.03. The summed E-state index contributed by atoms with van der Waals surface area (Å²) >= 11 is 0. The molecule has 24 heavy (non-hydrogen) atoms. The Morgan fingerprint density at radius 1 is 1.21 bits per heavy atom. The number of nitrogens with one attached hydrogen (secondary N) is 1. The summed E-state index contributed by atoms with van der Waals surface area (Å²) in [6.07, 6.45) is 1.49. The third-order valence-electron chi connectivity index (χ3n) is 4.31. The number of anilines is 2. The molecule has 1 saturated heterocycles. The molecule has 0 saturated carbocycles. The molecule has 1 aliphatic heterocycles. The van der Waals surface area contributed by atoms with Crippen molar-refractivity contribution in [2.45, 2.75) is 25.8 Å². The van der Waals surface area contributed by atoms with Crippen LogP contribution in [-0.2, 0) is 4.79 Å². The highest BCUT2D eigenvalue weighted by molar-refractivity contribution is 5.99. The number of carbonyl (C=O) groups is 2. The molecular formula is C19H21N3O2. The average molecular weight is 323 g/mol. The van der Waals surface area contributed by atoms with E-state index in [1.807, 2.05) is 31.2 Å². The fraction of sp³-hybridized carbons (Fsp3) is 0.263. The second-order valence-corrected chi connectivity index (χ2v) is 6.03. The third kappa shape index (κ3) is 3.25. The molecule has 1 heterocycles. The molecule has 1 fully saturated rings. The van der Waals surface area contributed by atoms with E-state index in [0.29, 0.717) is 17.7 Å². The van der Waals surface area contributed by atoms with Crippen LogP contribution in [0.1, 0.15) is 41.7 Å². The fourth-order valence-corrected chi connectivity index (χ4v) is 2.94. The molecule has 3 N–H and O–H groups in total. The van der Waals surface area contributed by atoms with Gasteiger partial charge in [-0.05, 0) is 43.2 Å². The van der Waals surface area contributed by atoms with E-state index in [2.05, 4.69) is 5.32 Å². The predicted octanol–water partition coefficient (Wildman–Crippen LogP) is 2.89. The van der Waals surface area contributed by atoms with E-state index in [-0.39, 0.29) is 17.9 Å². The first-order valence-corrected chi connectivity index (χ1v) is 8.12. The summed E-state index contributed by atoms with van der Waals surface area (Å²) in [6, 6.07) is 14.6. The monoisotopic (exact) mass is 323 g/mol. The number of rotatable bonds is 4. The lowest BCUT2D eigenvalue weighted by atomic mass is 10.1. The quantitative estimate of drug-likeness (QED) is 0.850. The van der Waals surface area contributed by atoms with Gasteiger partial charge in [0.1, 0.15) is 0 Å². The van der Waals surface area contributed by atoms with Gasteiger partial charge in [-0.2, -0.15) is 0 Å². The Bertz CT molecular complexity index is 773. The molecule has 2 aromatic carbocycles. The SMILES string of the molecule is CC(NC(=O)c1ccccc1N)c1cccc(N2CCCC2=O)c1. The molecule has 5 nitrogen and oxygen atoms in total. The number of hydrogen-bond acceptors (Lipinski definition) is 3. The van der Waals surface area contributed by atoms with Gasteiger partial charge in [0, 0.05) is 24.3 Å². The summed E-state index contributed by atoms with van der Waals surface area (Å²) in [4.78, 5) is 26.1. The Hall–Kier alpha value is -2.82. The summed E-state index contributed by atoms with van der Waals surface area (Å²) in [5.74, 6) is -0.0517. The van der Waals surface area contributed by atoms with Gasteiger partial charge in [-0.3, -0.25) is 9.59 Å². The lowest BCUT2D eigenvalue weighted by Gasteiger charge is -2.20. The van der Waals surface area contributed by atoms with Crippen molar-refractivity contribution in [1.29, 1.82) is 0 Å². The minimum atomic E-state index is -0.205. The van der Waals surface area contributed by atoms with Crippen LogP contribution in [0.15, 0.2) is 48.5 Å². The summed E-state index contributed by atoms with van der Waals surface area (Å²) < 4.78 is 0. The maximum atomic E-state index is 12.4. The van der Waals surface area contributed by atoms with Gasteiger partial charge in [0.05, 0.1) is 11.6 Å². The lowest BCUT2D eigenvalue weighted by molar-refractivity contribution is -0.117. The molecule has 0 spiro atoms. The van der Waals surface area contributed by atoms with Gasteiger partial charge in [-0.25, -0.2) is 0 Å². The molecule has 124 valence electrons. The number of para-hydroxylation sites is 1. The minimum absolute atomic E-state index is 0.154. The first kappa shape index (κ1) is 16.1. The van der Waals surface area contributed by atoms with Crippen molar-refractivity contribution in [2.75, 3.05) is 17.2 Å². The summed E-state index contributed by atoms with van der Waals surface area (Å²) in [5, 5.41) is 2.96. The molecule has 5 heteroatoms. The van der Waals surface area contributed by atoms with E-state index in [9.17, 15) is 9.59 Å². The zero-order chi connectivity index (χ0) is 17.1. The van der Waals surface area contributed by atoms with E-state index >= 15 is 0 Å². The number of amides is 2.